The van der Waals surface area contributed by atoms with Crippen LogP contribution in [0, 0.1) is 6.92 Å². The molecule has 1 atom stereocenters. The summed E-state index contributed by atoms with van der Waals surface area (Å²) >= 11 is 0. The van der Waals surface area contributed by atoms with Crippen LogP contribution in [0.15, 0.2) is 66.7 Å². The maximum Gasteiger partial charge on any atom is 0.323 e. The molecule has 0 saturated heterocycles. The molecule has 3 aromatic rings. The van der Waals surface area contributed by atoms with Gasteiger partial charge in [-0.2, -0.15) is 0 Å². The highest BCUT2D eigenvalue weighted by atomic mass is 16.4. The van der Waals surface area contributed by atoms with Gasteiger partial charge in [-0.3, -0.25) is 19.2 Å². The number of nitrogens with one attached hydrogen (secondary N) is 3. The van der Waals surface area contributed by atoms with Gasteiger partial charge in [0.1, 0.15) is 6.54 Å². The van der Waals surface area contributed by atoms with Gasteiger partial charge >= 0.3 is 12.0 Å². The number of nitrogens with zero attached hydrogens (tertiary/aromatic N) is 2. The maximum absolute atomic E-state index is 13.4. The lowest BCUT2D eigenvalue weighted by Gasteiger charge is -2.28. The first-order valence-corrected chi connectivity index (χ1v) is 14.0. The third kappa shape index (κ3) is 7.76. The van der Waals surface area contributed by atoms with Gasteiger partial charge < -0.3 is 30.9 Å². The molecule has 0 radical (unpaired) electrons. The molecule has 224 valence electrons. The van der Waals surface area contributed by atoms with Crippen LogP contribution in [0.3, 0.4) is 0 Å². The number of amides is 5. The summed E-state index contributed by atoms with van der Waals surface area (Å²) in [6.45, 7) is 5.38. The number of benzene rings is 3. The molecule has 0 saturated carbocycles. The summed E-state index contributed by atoms with van der Waals surface area (Å²) in [5, 5.41) is 17.5. The molecule has 0 aromatic heterocycles. The molecular formula is C32H35N5O6. The van der Waals surface area contributed by atoms with E-state index in [9.17, 15) is 24.0 Å². The number of carbonyl (C=O) groups is 5. The number of carbonyl (C=O) groups excluding carboxylic acids is 4. The Morgan fingerprint density at radius 3 is 2.30 bits per heavy atom. The quantitative estimate of drug-likeness (QED) is 0.267. The third-order valence-corrected chi connectivity index (χ3v) is 7.25. The summed E-state index contributed by atoms with van der Waals surface area (Å²) in [4.78, 5) is 65.7. The molecule has 1 aliphatic rings. The van der Waals surface area contributed by atoms with Crippen molar-refractivity contribution >= 4 is 52.5 Å². The molecule has 1 heterocycles. The van der Waals surface area contributed by atoms with E-state index >= 15 is 0 Å². The lowest BCUT2D eigenvalue weighted by atomic mass is 10.1. The van der Waals surface area contributed by atoms with Crippen LogP contribution in [0.1, 0.15) is 48.2 Å². The van der Waals surface area contributed by atoms with Crippen molar-refractivity contribution in [1.29, 1.82) is 0 Å². The van der Waals surface area contributed by atoms with Crippen molar-refractivity contribution in [2.75, 3.05) is 33.9 Å². The normalized spacial score (nSPS) is 13.6. The minimum Gasteiger partial charge on any atom is -0.481 e. The first-order valence-electron chi connectivity index (χ1n) is 14.0. The van der Waals surface area contributed by atoms with Gasteiger partial charge in [0.2, 0.25) is 11.8 Å². The molecule has 0 aliphatic carbocycles. The number of hydrogen-bond donors (Lipinski definition) is 4. The molecule has 43 heavy (non-hydrogen) atoms. The Labute approximate surface area is 249 Å². The van der Waals surface area contributed by atoms with Crippen molar-refractivity contribution in [1.82, 2.24) is 4.90 Å². The van der Waals surface area contributed by atoms with Crippen LogP contribution in [-0.4, -0.2) is 58.9 Å². The summed E-state index contributed by atoms with van der Waals surface area (Å²) in [6.07, 6.45) is 0.404. The molecule has 1 unspecified atom stereocenters. The van der Waals surface area contributed by atoms with E-state index in [-0.39, 0.29) is 55.4 Å². The van der Waals surface area contributed by atoms with E-state index in [0.29, 0.717) is 34.7 Å². The molecular weight excluding hydrogens is 550 g/mol. The van der Waals surface area contributed by atoms with Crippen molar-refractivity contribution in [3.8, 4) is 0 Å². The number of carboxylic acid groups (broad SMARTS) is 1. The van der Waals surface area contributed by atoms with Gasteiger partial charge in [0.15, 0.2) is 0 Å². The lowest BCUT2D eigenvalue weighted by molar-refractivity contribution is -0.137. The Morgan fingerprint density at radius 1 is 0.930 bits per heavy atom. The number of para-hydroxylation sites is 1. The van der Waals surface area contributed by atoms with Gasteiger partial charge in [0.25, 0.3) is 5.91 Å². The van der Waals surface area contributed by atoms with E-state index < -0.39 is 11.9 Å². The molecule has 0 fully saturated rings. The second-order valence-corrected chi connectivity index (χ2v) is 10.4. The van der Waals surface area contributed by atoms with Gasteiger partial charge in [-0.25, -0.2) is 4.79 Å². The second-order valence-electron chi connectivity index (χ2n) is 10.4. The van der Waals surface area contributed by atoms with Crippen LogP contribution in [-0.2, 0) is 20.8 Å². The molecule has 4 N–H and O–H groups in total. The van der Waals surface area contributed by atoms with E-state index in [1.165, 1.54) is 11.0 Å². The number of rotatable bonds is 10. The maximum atomic E-state index is 13.4. The molecule has 5 amide bonds. The summed E-state index contributed by atoms with van der Waals surface area (Å²) in [7, 11) is 0. The molecule has 3 aromatic carbocycles. The van der Waals surface area contributed by atoms with E-state index in [0.717, 1.165) is 5.56 Å². The largest absolute Gasteiger partial charge is 0.481 e. The number of aryl methyl sites for hydroxylation is 1. The van der Waals surface area contributed by atoms with Crippen molar-refractivity contribution in [2.24, 2.45) is 0 Å². The summed E-state index contributed by atoms with van der Waals surface area (Å²) in [5.74, 6) is -2.16. The predicted molar refractivity (Wildman–Crippen MR) is 164 cm³/mol. The van der Waals surface area contributed by atoms with Gasteiger partial charge in [-0.15, -0.1) is 0 Å². The van der Waals surface area contributed by atoms with Crippen LogP contribution in [0.4, 0.5) is 27.5 Å². The molecule has 1 aliphatic heterocycles. The molecule has 0 bridgehead atoms. The fourth-order valence-corrected chi connectivity index (χ4v) is 4.78. The van der Waals surface area contributed by atoms with Gasteiger partial charge in [-0.05, 0) is 67.8 Å². The topological polar surface area (TPSA) is 148 Å². The van der Waals surface area contributed by atoms with Crippen LogP contribution in [0.2, 0.25) is 0 Å². The highest BCUT2D eigenvalue weighted by molar-refractivity contribution is 6.11. The highest BCUT2D eigenvalue weighted by Gasteiger charge is 2.34. The van der Waals surface area contributed by atoms with Gasteiger partial charge in [0.05, 0.1) is 24.1 Å². The third-order valence-electron chi connectivity index (χ3n) is 7.25. The summed E-state index contributed by atoms with van der Waals surface area (Å²) in [6, 6.07) is 18.5. The summed E-state index contributed by atoms with van der Waals surface area (Å²) in [5.41, 5.74) is 3.94. The molecule has 11 nitrogen and oxygen atoms in total. The van der Waals surface area contributed by atoms with E-state index in [2.05, 4.69) is 16.0 Å². The Balaban J connectivity index is 1.44. The fourth-order valence-electron chi connectivity index (χ4n) is 4.78. The average Bonchev–Trinajstić information content (AvgIpc) is 3.07. The van der Waals surface area contributed by atoms with Crippen LogP contribution in [0.5, 0.6) is 0 Å². The number of anilines is 4. The monoisotopic (exact) mass is 585 g/mol. The van der Waals surface area contributed by atoms with Crippen molar-refractivity contribution in [3.63, 3.8) is 0 Å². The Hall–Kier alpha value is -5.19. The van der Waals surface area contributed by atoms with E-state index in [1.807, 2.05) is 45.0 Å². The first-order chi connectivity index (χ1) is 20.5. The minimum atomic E-state index is -1.07. The van der Waals surface area contributed by atoms with Crippen LogP contribution >= 0.6 is 0 Å². The Bertz CT molecular complexity index is 1540. The predicted octanol–water partition coefficient (Wildman–Crippen LogP) is 4.88. The van der Waals surface area contributed by atoms with Crippen molar-refractivity contribution < 1.29 is 29.1 Å². The number of urea groups is 1. The molecule has 0 spiro atoms. The smallest absolute Gasteiger partial charge is 0.323 e. The fraction of sp³-hybridized carbons (Fsp3) is 0.281. The van der Waals surface area contributed by atoms with Gasteiger partial charge in [-0.1, -0.05) is 37.3 Å². The zero-order chi connectivity index (χ0) is 31.1. The molecule has 11 heteroatoms. The number of fused-ring (bicyclic) bond motifs is 1. The summed E-state index contributed by atoms with van der Waals surface area (Å²) < 4.78 is 0. The zero-order valence-corrected chi connectivity index (χ0v) is 24.3. The van der Waals surface area contributed by atoms with Crippen molar-refractivity contribution in [2.45, 2.75) is 46.1 Å². The van der Waals surface area contributed by atoms with Crippen LogP contribution in [0.25, 0.3) is 0 Å². The van der Waals surface area contributed by atoms with E-state index in [1.54, 1.807) is 41.3 Å². The van der Waals surface area contributed by atoms with Crippen LogP contribution < -0.4 is 20.9 Å². The molecule has 4 rings (SSSR count). The number of hydrogen-bond acceptors (Lipinski definition) is 5. The number of carboxylic acids is 1. The first kappa shape index (κ1) is 30.8. The lowest BCUT2D eigenvalue weighted by Crippen LogP contribution is -2.43. The second kappa shape index (κ2) is 13.6. The van der Waals surface area contributed by atoms with E-state index in [4.69, 9.17) is 5.11 Å². The highest BCUT2D eigenvalue weighted by Crippen LogP contribution is 2.31. The standard InChI is InChI=1S/C32H35N5O6/c1-4-21(3)37-27-14-13-24(18-25(27)31(42)36(19-29(37)39)16-15-30(40)41)33-28(38)17-22-9-11-23(12-10-22)34-32(43)35-26-8-6-5-7-20(26)2/h5-14,18,21H,4,15-17,19H2,1-3H3,(H,33,38)(H,40,41)(H2,34,35,43). The SMILES string of the molecule is CCC(C)N1C(=O)CN(CCC(=O)O)C(=O)c2cc(NC(=O)Cc3ccc(NC(=O)Nc4ccccc4C)cc3)ccc21. The minimum absolute atomic E-state index is 0.0446. The zero-order valence-electron chi connectivity index (χ0n) is 24.3. The Morgan fingerprint density at radius 2 is 1.63 bits per heavy atom. The van der Waals surface area contributed by atoms with Gasteiger partial charge in [0, 0.05) is 29.6 Å². The Kier molecular flexibility index (Phi) is 9.76. The van der Waals surface area contributed by atoms with Crippen molar-refractivity contribution in [3.05, 3.63) is 83.4 Å². The number of aliphatic carboxylic acids is 1. The average molecular weight is 586 g/mol.